The van der Waals surface area contributed by atoms with E-state index in [9.17, 15) is 10.3 Å². The van der Waals surface area contributed by atoms with E-state index in [-0.39, 0.29) is 21.5 Å². The van der Waals surface area contributed by atoms with E-state index in [0.717, 1.165) is 35.7 Å². The van der Waals surface area contributed by atoms with Crippen molar-refractivity contribution in [2.75, 3.05) is 19.6 Å². The first kappa shape index (κ1) is 18.5. The van der Waals surface area contributed by atoms with Crippen molar-refractivity contribution < 1.29 is 20.7 Å². The SMILES string of the molecule is O.O.[O-][N+]12CCC(CC1)C(C(O)(c1cccs1)c1cccs1)C2. The van der Waals surface area contributed by atoms with Crippen molar-refractivity contribution >= 4 is 22.7 Å². The summed E-state index contributed by atoms with van der Waals surface area (Å²) in [4.78, 5) is 1.96. The van der Waals surface area contributed by atoms with Crippen LogP contribution in [0.25, 0.3) is 0 Å². The number of hydrogen-bond donors (Lipinski definition) is 1. The number of hydroxylamine groups is 3. The number of aliphatic hydroxyl groups is 1. The first-order valence-electron chi connectivity index (χ1n) is 7.49. The molecule has 3 fully saturated rings. The van der Waals surface area contributed by atoms with Gasteiger partial charge in [-0.2, -0.15) is 0 Å². The van der Waals surface area contributed by atoms with Gasteiger partial charge < -0.3 is 25.9 Å². The standard InChI is InChI=1S/C16H19NO2S2.2H2O/c18-16(14-3-1-9-20-14,15-4-2-10-21-15)13-11-17(19)7-5-12(13)6-8-17;;/h1-4,9-10,12-13,18H,5-8,11H2;2*1H2. The lowest BCUT2D eigenvalue weighted by Crippen LogP contribution is -2.62. The highest BCUT2D eigenvalue weighted by Gasteiger charge is 2.53. The molecule has 0 amide bonds. The van der Waals surface area contributed by atoms with Gasteiger partial charge in [-0.05, 0) is 28.8 Å². The van der Waals surface area contributed by atoms with Crippen LogP contribution in [0.2, 0.25) is 0 Å². The predicted octanol–water partition coefficient (Wildman–Crippen LogP) is 1.75. The lowest BCUT2D eigenvalue weighted by molar-refractivity contribution is -0.903. The molecule has 3 aliphatic heterocycles. The number of fused-ring (bicyclic) bond motifs is 3. The molecule has 0 saturated carbocycles. The fraction of sp³-hybridized carbons (Fsp3) is 0.500. The van der Waals surface area contributed by atoms with Crippen LogP contribution in [-0.2, 0) is 5.60 Å². The Kier molecular flexibility index (Phi) is 5.32. The highest BCUT2D eigenvalue weighted by atomic mass is 32.1. The number of nitrogens with zero attached hydrogens (tertiary/aromatic N) is 1. The third-order valence-corrected chi connectivity index (χ3v) is 7.23. The van der Waals surface area contributed by atoms with Crippen LogP contribution in [-0.4, -0.2) is 40.3 Å². The minimum absolute atomic E-state index is 0. The molecule has 3 saturated heterocycles. The highest BCUT2D eigenvalue weighted by Crippen LogP contribution is 2.50. The zero-order valence-electron chi connectivity index (χ0n) is 12.8. The van der Waals surface area contributed by atoms with E-state index in [1.54, 1.807) is 22.7 Å². The summed E-state index contributed by atoms with van der Waals surface area (Å²) in [5.41, 5.74) is -0.984. The lowest BCUT2D eigenvalue weighted by atomic mass is 9.69. The molecule has 0 aromatic carbocycles. The van der Waals surface area contributed by atoms with Gasteiger partial charge in [-0.1, -0.05) is 12.1 Å². The minimum Gasteiger partial charge on any atom is -0.633 e. The summed E-state index contributed by atoms with van der Waals surface area (Å²) in [6.45, 7) is 2.01. The summed E-state index contributed by atoms with van der Waals surface area (Å²) < 4.78 is -0.111. The summed E-state index contributed by atoms with van der Waals surface area (Å²) >= 11 is 3.19. The maximum absolute atomic E-state index is 12.8. The molecule has 128 valence electrons. The Morgan fingerprint density at radius 1 is 1.04 bits per heavy atom. The van der Waals surface area contributed by atoms with E-state index >= 15 is 0 Å². The van der Waals surface area contributed by atoms with Crippen LogP contribution in [0.5, 0.6) is 0 Å². The van der Waals surface area contributed by atoms with Gasteiger partial charge in [0.1, 0.15) is 5.60 Å². The molecular formula is C16H23NO4S2. The first-order valence-corrected chi connectivity index (χ1v) is 9.25. The van der Waals surface area contributed by atoms with Crippen LogP contribution in [0.3, 0.4) is 0 Å². The molecule has 0 aliphatic carbocycles. The van der Waals surface area contributed by atoms with Gasteiger partial charge in [-0.3, -0.25) is 0 Å². The number of quaternary nitrogens is 1. The minimum atomic E-state index is -0.984. The molecule has 2 aromatic rings. The molecule has 0 radical (unpaired) electrons. The summed E-state index contributed by atoms with van der Waals surface area (Å²) in [7, 11) is 0. The monoisotopic (exact) mass is 357 g/mol. The Bertz CT molecular complexity index is 572. The van der Waals surface area contributed by atoms with Crippen molar-refractivity contribution in [3.05, 3.63) is 50.0 Å². The number of rotatable bonds is 3. The van der Waals surface area contributed by atoms with Crippen molar-refractivity contribution in [1.29, 1.82) is 0 Å². The van der Waals surface area contributed by atoms with Gasteiger partial charge in [0.05, 0.1) is 25.6 Å². The number of hydrogen-bond acceptors (Lipinski definition) is 4. The van der Waals surface area contributed by atoms with E-state index < -0.39 is 5.60 Å². The van der Waals surface area contributed by atoms with Crippen LogP contribution >= 0.6 is 22.7 Å². The largest absolute Gasteiger partial charge is 0.633 e. The quantitative estimate of drug-likeness (QED) is 0.667. The Labute approximate surface area is 143 Å². The van der Waals surface area contributed by atoms with E-state index in [4.69, 9.17) is 0 Å². The molecule has 2 aromatic heterocycles. The second-order valence-electron chi connectivity index (χ2n) is 6.35. The maximum atomic E-state index is 12.8. The Hall–Kier alpha value is -0.800. The molecule has 5 nitrogen and oxygen atoms in total. The molecule has 5 rings (SSSR count). The van der Waals surface area contributed by atoms with Gasteiger partial charge in [0.25, 0.3) is 0 Å². The molecule has 7 heteroatoms. The van der Waals surface area contributed by atoms with Crippen molar-refractivity contribution in [3.8, 4) is 0 Å². The van der Waals surface area contributed by atoms with Crippen molar-refractivity contribution in [3.63, 3.8) is 0 Å². The van der Waals surface area contributed by atoms with E-state index in [1.165, 1.54) is 0 Å². The van der Waals surface area contributed by atoms with Gasteiger partial charge in [-0.15, -0.1) is 22.7 Å². The second-order valence-corrected chi connectivity index (χ2v) is 8.25. The molecule has 5 N–H and O–H groups in total. The zero-order valence-corrected chi connectivity index (χ0v) is 14.4. The molecule has 23 heavy (non-hydrogen) atoms. The summed E-state index contributed by atoms with van der Waals surface area (Å²) in [6, 6.07) is 8.00. The van der Waals surface area contributed by atoms with E-state index in [0.29, 0.717) is 12.5 Å². The topological polar surface area (TPSA) is 106 Å². The lowest BCUT2D eigenvalue weighted by Gasteiger charge is -2.58. The van der Waals surface area contributed by atoms with E-state index in [2.05, 4.69) is 0 Å². The van der Waals surface area contributed by atoms with Crippen LogP contribution in [0, 0.1) is 17.0 Å². The highest BCUT2D eigenvalue weighted by molar-refractivity contribution is 7.11. The Balaban J connectivity index is 0.000000960. The van der Waals surface area contributed by atoms with Gasteiger partial charge in [0.15, 0.2) is 0 Å². The molecule has 1 unspecified atom stereocenters. The van der Waals surface area contributed by atoms with Gasteiger partial charge >= 0.3 is 0 Å². The first-order chi connectivity index (χ1) is 10.1. The average Bonchev–Trinajstić information content (AvgIpc) is 3.20. The summed E-state index contributed by atoms with van der Waals surface area (Å²) in [5, 5.41) is 28.4. The third kappa shape index (κ3) is 2.87. The molecule has 0 spiro atoms. The number of thiophene rings is 2. The van der Waals surface area contributed by atoms with Gasteiger partial charge in [0, 0.05) is 22.6 Å². The van der Waals surface area contributed by atoms with E-state index in [1.807, 2.05) is 35.0 Å². The normalized spacial score (nSPS) is 29.7. The third-order valence-electron chi connectivity index (χ3n) is 5.24. The average molecular weight is 357 g/mol. The second kappa shape index (κ2) is 6.60. The predicted molar refractivity (Wildman–Crippen MR) is 93.3 cm³/mol. The number of piperidine rings is 3. The van der Waals surface area contributed by atoms with Crippen LogP contribution in [0.15, 0.2) is 35.0 Å². The van der Waals surface area contributed by atoms with Crippen LogP contribution < -0.4 is 0 Å². The molecule has 2 bridgehead atoms. The Morgan fingerprint density at radius 2 is 1.57 bits per heavy atom. The molecule has 3 aliphatic rings. The van der Waals surface area contributed by atoms with Gasteiger partial charge in [-0.25, -0.2) is 0 Å². The summed E-state index contributed by atoms with van der Waals surface area (Å²) in [6.07, 6.45) is 1.90. The fourth-order valence-electron chi connectivity index (χ4n) is 4.10. The zero-order chi connectivity index (χ0) is 14.5. The smallest absolute Gasteiger partial charge is 0.141 e. The van der Waals surface area contributed by atoms with Crippen LogP contribution in [0.4, 0.5) is 0 Å². The Morgan fingerprint density at radius 3 is 1.96 bits per heavy atom. The molecule has 1 atom stereocenters. The van der Waals surface area contributed by atoms with Crippen molar-refractivity contribution in [2.24, 2.45) is 11.8 Å². The fourth-order valence-corrected chi connectivity index (χ4v) is 5.97. The maximum Gasteiger partial charge on any atom is 0.141 e. The molecular weight excluding hydrogens is 334 g/mol. The van der Waals surface area contributed by atoms with Crippen molar-refractivity contribution in [2.45, 2.75) is 18.4 Å². The van der Waals surface area contributed by atoms with Gasteiger partial charge in [0.2, 0.25) is 0 Å². The van der Waals surface area contributed by atoms with Crippen molar-refractivity contribution in [1.82, 2.24) is 0 Å². The van der Waals surface area contributed by atoms with Crippen LogP contribution in [0.1, 0.15) is 22.6 Å². The molecule has 5 heterocycles. The summed E-state index contributed by atoms with van der Waals surface area (Å²) in [5.74, 6) is 0.503.